The summed E-state index contributed by atoms with van der Waals surface area (Å²) in [6.07, 6.45) is 0.691. The van der Waals surface area contributed by atoms with E-state index < -0.39 is 5.97 Å². The third-order valence-corrected chi connectivity index (χ3v) is 2.87. The van der Waals surface area contributed by atoms with Gasteiger partial charge in [0.05, 0.1) is 20.6 Å². The van der Waals surface area contributed by atoms with Crippen LogP contribution in [-0.2, 0) is 11.2 Å². The van der Waals surface area contributed by atoms with Crippen LogP contribution < -0.4 is 14.8 Å². The molecule has 0 radical (unpaired) electrons. The van der Waals surface area contributed by atoms with Crippen molar-refractivity contribution in [1.82, 2.24) is 5.32 Å². The third kappa shape index (κ3) is 4.79. The predicted molar refractivity (Wildman–Crippen MR) is 73.0 cm³/mol. The highest BCUT2D eigenvalue weighted by Crippen LogP contribution is 2.26. The summed E-state index contributed by atoms with van der Waals surface area (Å²) in [4.78, 5) is 10.8. The molecule has 0 saturated heterocycles. The van der Waals surface area contributed by atoms with Crippen LogP contribution in [0.5, 0.6) is 11.5 Å². The largest absolute Gasteiger partial charge is 0.497 e. The topological polar surface area (TPSA) is 67.8 Å². The van der Waals surface area contributed by atoms with Crippen LogP contribution in [0, 0.1) is 0 Å². The lowest BCUT2D eigenvalue weighted by molar-refractivity contribution is -0.137. The van der Waals surface area contributed by atoms with Crippen molar-refractivity contribution in [3.63, 3.8) is 0 Å². The van der Waals surface area contributed by atoms with E-state index in [1.54, 1.807) is 20.3 Å². The molecule has 0 aliphatic carbocycles. The van der Waals surface area contributed by atoms with Gasteiger partial charge >= 0.3 is 5.97 Å². The Morgan fingerprint density at radius 2 is 2.11 bits per heavy atom. The van der Waals surface area contributed by atoms with Gasteiger partial charge in [0.15, 0.2) is 0 Å². The number of carboxylic acid groups (broad SMARTS) is 1. The van der Waals surface area contributed by atoms with Crippen molar-refractivity contribution in [3.8, 4) is 11.5 Å². The highest BCUT2D eigenvalue weighted by atomic mass is 16.5. The second-order valence-corrected chi connectivity index (χ2v) is 4.23. The first-order chi connectivity index (χ1) is 9.10. The molecule has 0 aliphatic rings. The fourth-order valence-electron chi connectivity index (χ4n) is 2.00. The molecule has 0 saturated carbocycles. The van der Waals surface area contributed by atoms with E-state index in [2.05, 4.69) is 5.32 Å². The minimum absolute atomic E-state index is 0.0863. The van der Waals surface area contributed by atoms with Crippen molar-refractivity contribution in [1.29, 1.82) is 0 Å². The molecular weight excluding hydrogens is 246 g/mol. The van der Waals surface area contributed by atoms with E-state index in [0.29, 0.717) is 12.2 Å². The monoisotopic (exact) mass is 267 g/mol. The zero-order valence-electron chi connectivity index (χ0n) is 11.6. The highest BCUT2D eigenvalue weighted by molar-refractivity contribution is 5.67. The van der Waals surface area contributed by atoms with E-state index in [1.165, 1.54) is 0 Å². The number of ether oxygens (including phenoxy) is 2. The molecule has 106 valence electrons. The molecule has 5 heteroatoms. The van der Waals surface area contributed by atoms with Crippen LogP contribution in [0.15, 0.2) is 18.2 Å². The first-order valence-electron chi connectivity index (χ1n) is 6.26. The molecule has 0 spiro atoms. The smallest absolute Gasteiger partial charge is 0.304 e. The Morgan fingerprint density at radius 3 is 2.63 bits per heavy atom. The summed E-state index contributed by atoms with van der Waals surface area (Å²) < 4.78 is 10.5. The molecule has 1 atom stereocenters. The Bertz CT molecular complexity index is 420. The van der Waals surface area contributed by atoms with Crippen LogP contribution in [0.3, 0.4) is 0 Å². The predicted octanol–water partition coefficient (Wildman–Crippen LogP) is 1.70. The Hall–Kier alpha value is -1.75. The molecule has 0 bridgehead atoms. The van der Waals surface area contributed by atoms with Crippen LogP contribution in [0.1, 0.15) is 18.9 Å². The molecule has 0 heterocycles. The first-order valence-corrected chi connectivity index (χ1v) is 6.26. The summed E-state index contributed by atoms with van der Waals surface area (Å²) in [5.41, 5.74) is 0.968. The van der Waals surface area contributed by atoms with Crippen LogP contribution >= 0.6 is 0 Å². The number of carbonyl (C=O) groups is 1. The molecule has 1 unspecified atom stereocenters. The zero-order valence-corrected chi connectivity index (χ0v) is 11.6. The van der Waals surface area contributed by atoms with E-state index in [4.69, 9.17) is 14.6 Å². The second kappa shape index (κ2) is 7.63. The molecule has 19 heavy (non-hydrogen) atoms. The fraction of sp³-hybridized carbons (Fsp3) is 0.500. The number of aliphatic carboxylic acids is 1. The van der Waals surface area contributed by atoms with Gasteiger partial charge in [-0.15, -0.1) is 0 Å². The number of likely N-dealkylation sites (N-methyl/N-ethyl adjacent to an activating group) is 1. The van der Waals surface area contributed by atoms with Crippen molar-refractivity contribution in [3.05, 3.63) is 23.8 Å². The van der Waals surface area contributed by atoms with Gasteiger partial charge < -0.3 is 19.9 Å². The number of rotatable bonds is 8. The minimum atomic E-state index is -0.807. The van der Waals surface area contributed by atoms with Gasteiger partial charge in [0.2, 0.25) is 0 Å². The van der Waals surface area contributed by atoms with Crippen LogP contribution in [-0.4, -0.2) is 37.9 Å². The third-order valence-electron chi connectivity index (χ3n) is 2.87. The van der Waals surface area contributed by atoms with Crippen LogP contribution in [0.2, 0.25) is 0 Å². The maximum atomic E-state index is 10.8. The quantitative estimate of drug-likeness (QED) is 0.750. The van der Waals surface area contributed by atoms with E-state index >= 15 is 0 Å². The summed E-state index contributed by atoms with van der Waals surface area (Å²) in [6, 6.07) is 5.45. The van der Waals surface area contributed by atoms with Gasteiger partial charge in [-0.2, -0.15) is 0 Å². The van der Waals surface area contributed by atoms with Gasteiger partial charge in [0, 0.05) is 12.1 Å². The van der Waals surface area contributed by atoms with Crippen molar-refractivity contribution >= 4 is 5.97 Å². The SMILES string of the molecule is CCNC(CC(=O)O)Cc1ccc(OC)cc1OC. The Morgan fingerprint density at radius 1 is 1.37 bits per heavy atom. The first kappa shape index (κ1) is 15.3. The average Bonchev–Trinajstić information content (AvgIpc) is 2.38. The maximum absolute atomic E-state index is 10.8. The molecular formula is C14H21NO4. The molecule has 5 nitrogen and oxygen atoms in total. The minimum Gasteiger partial charge on any atom is -0.497 e. The van der Waals surface area contributed by atoms with Crippen molar-refractivity contribution < 1.29 is 19.4 Å². The fourth-order valence-corrected chi connectivity index (χ4v) is 2.00. The number of benzene rings is 1. The van der Waals surface area contributed by atoms with Crippen molar-refractivity contribution in [2.75, 3.05) is 20.8 Å². The summed E-state index contributed by atoms with van der Waals surface area (Å²) >= 11 is 0. The molecule has 2 N–H and O–H groups in total. The summed E-state index contributed by atoms with van der Waals surface area (Å²) in [5.74, 6) is 0.630. The van der Waals surface area contributed by atoms with Gasteiger partial charge in [-0.05, 0) is 24.6 Å². The normalized spacial score (nSPS) is 11.9. The van der Waals surface area contributed by atoms with Gasteiger partial charge in [-0.3, -0.25) is 4.79 Å². The van der Waals surface area contributed by atoms with Gasteiger partial charge in [-0.1, -0.05) is 13.0 Å². The Labute approximate surface area is 113 Å². The lowest BCUT2D eigenvalue weighted by Crippen LogP contribution is -2.33. The van der Waals surface area contributed by atoms with E-state index in [0.717, 1.165) is 17.9 Å². The average molecular weight is 267 g/mol. The number of hydrogen-bond acceptors (Lipinski definition) is 4. The van der Waals surface area contributed by atoms with Gasteiger partial charge in [0.1, 0.15) is 11.5 Å². The molecule has 0 amide bonds. The number of carboxylic acids is 1. The number of nitrogens with one attached hydrogen (secondary N) is 1. The molecule has 0 aliphatic heterocycles. The van der Waals surface area contributed by atoms with Gasteiger partial charge in [-0.25, -0.2) is 0 Å². The lowest BCUT2D eigenvalue weighted by Gasteiger charge is -2.18. The van der Waals surface area contributed by atoms with Crippen molar-refractivity contribution in [2.24, 2.45) is 0 Å². The zero-order chi connectivity index (χ0) is 14.3. The number of hydrogen-bond donors (Lipinski definition) is 2. The standard InChI is InChI=1S/C14H21NO4/c1-4-15-11(8-14(16)17)7-10-5-6-12(18-2)9-13(10)19-3/h5-6,9,11,15H,4,7-8H2,1-3H3,(H,16,17). The molecule has 0 fully saturated rings. The molecule has 1 aromatic rings. The van der Waals surface area contributed by atoms with E-state index in [1.807, 2.05) is 19.1 Å². The van der Waals surface area contributed by atoms with Crippen LogP contribution in [0.4, 0.5) is 0 Å². The van der Waals surface area contributed by atoms with E-state index in [-0.39, 0.29) is 12.5 Å². The summed E-state index contributed by atoms with van der Waals surface area (Å²) in [6.45, 7) is 2.69. The molecule has 1 rings (SSSR count). The van der Waals surface area contributed by atoms with E-state index in [9.17, 15) is 4.79 Å². The molecule has 1 aromatic carbocycles. The number of methoxy groups -OCH3 is 2. The maximum Gasteiger partial charge on any atom is 0.304 e. The van der Waals surface area contributed by atoms with Crippen LogP contribution in [0.25, 0.3) is 0 Å². The Balaban J connectivity index is 2.85. The second-order valence-electron chi connectivity index (χ2n) is 4.23. The van der Waals surface area contributed by atoms with Gasteiger partial charge in [0.25, 0.3) is 0 Å². The highest BCUT2D eigenvalue weighted by Gasteiger charge is 2.15. The van der Waals surface area contributed by atoms with Crippen molar-refractivity contribution in [2.45, 2.75) is 25.8 Å². The summed E-state index contributed by atoms with van der Waals surface area (Å²) in [5, 5.41) is 12.1. The molecule has 0 aromatic heterocycles. The lowest BCUT2D eigenvalue weighted by atomic mass is 10.0. The Kier molecular flexibility index (Phi) is 6.15. The summed E-state index contributed by atoms with van der Waals surface area (Å²) in [7, 11) is 3.19.